The Kier molecular flexibility index (Phi) is 11.0. The molecule has 2 aliphatic rings. The van der Waals surface area contributed by atoms with Gasteiger partial charge in [-0.1, -0.05) is 24.3 Å². The van der Waals surface area contributed by atoms with E-state index < -0.39 is 67.9 Å². The minimum Gasteiger partial charge on any atom is -0.458 e. The van der Waals surface area contributed by atoms with Crippen LogP contribution in [0, 0.1) is 5.92 Å². The SMILES string of the molecule is C=C1C(=O)O[C@@H]2/C=C(/C)[C@@H](OC(C)=O)CC=C(C)C[C@@H](OC(=O)/C(=C/CO)COC(=O)/C(=C/C)CO)[C@H]12. The minimum atomic E-state index is -0.872. The first-order valence-electron chi connectivity index (χ1n) is 11.9. The Labute approximate surface area is 215 Å². The number of fused-ring (bicyclic) bond motifs is 1. The molecule has 0 spiro atoms. The smallest absolute Gasteiger partial charge is 0.337 e. The topological polar surface area (TPSA) is 146 Å². The number of aliphatic hydroxyl groups is 2. The zero-order valence-electron chi connectivity index (χ0n) is 21.5. The van der Waals surface area contributed by atoms with Gasteiger partial charge in [0.15, 0.2) is 0 Å². The molecule has 1 aliphatic heterocycles. The lowest BCUT2D eigenvalue weighted by Crippen LogP contribution is -2.35. The highest BCUT2D eigenvalue weighted by Gasteiger charge is 2.45. The summed E-state index contributed by atoms with van der Waals surface area (Å²) in [6, 6.07) is 0. The van der Waals surface area contributed by atoms with E-state index in [9.17, 15) is 29.4 Å². The maximum absolute atomic E-state index is 13.1. The van der Waals surface area contributed by atoms with E-state index in [2.05, 4.69) is 6.58 Å². The average molecular weight is 519 g/mol. The predicted molar refractivity (Wildman–Crippen MR) is 132 cm³/mol. The molecule has 1 saturated heterocycles. The Morgan fingerprint density at radius 3 is 2.46 bits per heavy atom. The summed E-state index contributed by atoms with van der Waals surface area (Å²) in [6.45, 7) is 8.76. The molecule has 0 aromatic heterocycles. The Morgan fingerprint density at radius 2 is 1.86 bits per heavy atom. The number of esters is 4. The fraction of sp³-hybridized carbons (Fsp3) is 0.481. The summed E-state index contributed by atoms with van der Waals surface area (Å²) in [5, 5.41) is 18.6. The fourth-order valence-electron chi connectivity index (χ4n) is 4.06. The van der Waals surface area contributed by atoms with E-state index in [1.54, 1.807) is 19.9 Å². The molecule has 1 aliphatic carbocycles. The highest BCUT2D eigenvalue weighted by Crippen LogP contribution is 2.36. The van der Waals surface area contributed by atoms with Gasteiger partial charge in [0.2, 0.25) is 0 Å². The molecule has 0 amide bonds. The first-order valence-corrected chi connectivity index (χ1v) is 11.9. The van der Waals surface area contributed by atoms with Crippen LogP contribution in [-0.2, 0) is 38.1 Å². The molecule has 0 radical (unpaired) electrons. The molecule has 2 N–H and O–H groups in total. The quantitative estimate of drug-likeness (QED) is 0.212. The number of hydrogen-bond donors (Lipinski definition) is 2. The van der Waals surface area contributed by atoms with Crippen LogP contribution in [-0.4, -0.2) is 72.2 Å². The molecule has 0 bridgehead atoms. The van der Waals surface area contributed by atoms with Crippen molar-refractivity contribution in [2.24, 2.45) is 5.92 Å². The van der Waals surface area contributed by atoms with Crippen LogP contribution in [0.1, 0.15) is 40.5 Å². The van der Waals surface area contributed by atoms with Crippen molar-refractivity contribution < 1.29 is 48.3 Å². The van der Waals surface area contributed by atoms with Gasteiger partial charge in [0.05, 0.1) is 30.3 Å². The van der Waals surface area contributed by atoms with Crippen molar-refractivity contribution in [2.45, 2.75) is 58.8 Å². The molecule has 0 saturated carbocycles. The lowest BCUT2D eigenvalue weighted by molar-refractivity contribution is -0.149. The number of carbonyl (C=O) groups is 4. The van der Waals surface area contributed by atoms with Gasteiger partial charge in [-0.15, -0.1) is 0 Å². The second-order valence-electron chi connectivity index (χ2n) is 8.82. The van der Waals surface area contributed by atoms with E-state index in [0.717, 1.165) is 11.6 Å². The molecule has 1 fully saturated rings. The minimum absolute atomic E-state index is 0.0137. The Hall–Kier alpha value is -3.50. The third-order valence-corrected chi connectivity index (χ3v) is 6.11. The van der Waals surface area contributed by atoms with Crippen LogP contribution in [0.25, 0.3) is 0 Å². The number of hydrogen-bond acceptors (Lipinski definition) is 10. The first kappa shape index (κ1) is 29.7. The largest absolute Gasteiger partial charge is 0.458 e. The van der Waals surface area contributed by atoms with Gasteiger partial charge in [-0.2, -0.15) is 0 Å². The van der Waals surface area contributed by atoms with Crippen molar-refractivity contribution in [3.8, 4) is 0 Å². The maximum atomic E-state index is 13.1. The van der Waals surface area contributed by atoms with Crippen molar-refractivity contribution in [2.75, 3.05) is 19.8 Å². The van der Waals surface area contributed by atoms with E-state index in [0.29, 0.717) is 12.0 Å². The Bertz CT molecular complexity index is 1050. The number of allylic oxidation sites excluding steroid dienone is 1. The highest BCUT2D eigenvalue weighted by atomic mass is 16.6. The third kappa shape index (κ3) is 7.99. The zero-order chi connectivity index (χ0) is 27.7. The molecule has 202 valence electrons. The molecule has 0 aromatic carbocycles. The van der Waals surface area contributed by atoms with E-state index in [-0.39, 0.29) is 23.1 Å². The van der Waals surface area contributed by atoms with Crippen LogP contribution in [0.3, 0.4) is 0 Å². The molecule has 37 heavy (non-hydrogen) atoms. The molecular formula is C27H34O10. The molecular weight excluding hydrogens is 484 g/mol. The average Bonchev–Trinajstić information content (AvgIpc) is 3.11. The Balaban J connectivity index is 2.34. The lowest BCUT2D eigenvalue weighted by Gasteiger charge is -2.28. The molecule has 1 heterocycles. The standard InChI is InChI=1S/C27H34O10/c1-6-19(13-29)26(32)34-14-20(9-10-28)27(33)37-22-11-15(2)7-8-21(35-18(5)30)16(3)12-23-24(22)17(4)25(31)36-23/h6-7,9,12,21-24,28-29H,4,8,10-11,13-14H2,1-3,5H3/b15-7?,16-12-,19-6+,20-9+/t21-,22+,23+,24-/m0/s1. The maximum Gasteiger partial charge on any atom is 0.337 e. The number of carbonyl (C=O) groups excluding carboxylic acids is 4. The van der Waals surface area contributed by atoms with Gasteiger partial charge >= 0.3 is 23.9 Å². The summed E-state index contributed by atoms with van der Waals surface area (Å²) in [6.07, 6.45) is 4.45. The van der Waals surface area contributed by atoms with Crippen molar-refractivity contribution in [3.63, 3.8) is 0 Å². The zero-order valence-corrected chi connectivity index (χ0v) is 21.5. The number of ether oxygens (including phenoxy) is 4. The second kappa shape index (κ2) is 13.7. The van der Waals surface area contributed by atoms with E-state index in [1.807, 2.05) is 13.0 Å². The molecule has 10 nitrogen and oxygen atoms in total. The highest BCUT2D eigenvalue weighted by molar-refractivity contribution is 5.93. The molecule has 0 unspecified atom stereocenters. The molecule has 0 aromatic rings. The van der Waals surface area contributed by atoms with Crippen LogP contribution in [0.2, 0.25) is 0 Å². The van der Waals surface area contributed by atoms with Gasteiger partial charge in [0.1, 0.15) is 24.9 Å². The van der Waals surface area contributed by atoms with Crippen LogP contribution < -0.4 is 0 Å². The predicted octanol–water partition coefficient (Wildman–Crippen LogP) is 2.01. The number of aliphatic hydroxyl groups excluding tert-OH is 2. The first-order chi connectivity index (χ1) is 17.5. The van der Waals surface area contributed by atoms with Crippen molar-refractivity contribution in [1.29, 1.82) is 0 Å². The fourth-order valence-corrected chi connectivity index (χ4v) is 4.06. The van der Waals surface area contributed by atoms with Gasteiger partial charge in [-0.3, -0.25) is 4.79 Å². The van der Waals surface area contributed by atoms with Gasteiger partial charge in [0.25, 0.3) is 0 Å². The summed E-state index contributed by atoms with van der Waals surface area (Å²) >= 11 is 0. The lowest BCUT2D eigenvalue weighted by atomic mass is 9.85. The van der Waals surface area contributed by atoms with Gasteiger partial charge < -0.3 is 29.2 Å². The van der Waals surface area contributed by atoms with Crippen LogP contribution in [0.15, 0.2) is 58.7 Å². The number of rotatable bonds is 8. The molecule has 2 rings (SSSR count). The second-order valence-corrected chi connectivity index (χ2v) is 8.82. The summed E-state index contributed by atoms with van der Waals surface area (Å²) in [7, 11) is 0. The van der Waals surface area contributed by atoms with Crippen molar-refractivity contribution >= 4 is 23.9 Å². The van der Waals surface area contributed by atoms with Crippen LogP contribution in [0.5, 0.6) is 0 Å². The van der Waals surface area contributed by atoms with Crippen molar-refractivity contribution in [3.05, 3.63) is 58.7 Å². The normalized spacial score (nSPS) is 26.2. The summed E-state index contributed by atoms with van der Waals surface area (Å²) in [4.78, 5) is 49.2. The van der Waals surface area contributed by atoms with Gasteiger partial charge in [-0.05, 0) is 38.5 Å². The molecule has 10 heteroatoms. The van der Waals surface area contributed by atoms with Gasteiger partial charge in [0, 0.05) is 25.3 Å². The van der Waals surface area contributed by atoms with Crippen LogP contribution >= 0.6 is 0 Å². The monoisotopic (exact) mass is 518 g/mol. The summed E-state index contributed by atoms with van der Waals surface area (Å²) < 4.78 is 21.8. The summed E-state index contributed by atoms with van der Waals surface area (Å²) in [5.41, 5.74) is 1.51. The van der Waals surface area contributed by atoms with E-state index in [4.69, 9.17) is 18.9 Å². The van der Waals surface area contributed by atoms with Gasteiger partial charge in [-0.25, -0.2) is 14.4 Å². The summed E-state index contributed by atoms with van der Waals surface area (Å²) in [5.74, 6) is -3.47. The Morgan fingerprint density at radius 1 is 1.16 bits per heavy atom. The van der Waals surface area contributed by atoms with E-state index in [1.165, 1.54) is 13.0 Å². The van der Waals surface area contributed by atoms with Crippen LogP contribution in [0.4, 0.5) is 0 Å². The van der Waals surface area contributed by atoms with Crippen molar-refractivity contribution in [1.82, 2.24) is 0 Å². The molecule has 4 atom stereocenters. The third-order valence-electron chi connectivity index (χ3n) is 6.11. The van der Waals surface area contributed by atoms with E-state index >= 15 is 0 Å².